The lowest BCUT2D eigenvalue weighted by Gasteiger charge is -2.22. The number of carbonyl (C=O) groups excluding carboxylic acids is 2. The van der Waals surface area contributed by atoms with Crippen molar-refractivity contribution in [2.45, 2.75) is 19.4 Å². The topological polar surface area (TPSA) is 123 Å². The first-order chi connectivity index (χ1) is 17.8. The van der Waals surface area contributed by atoms with Crippen LogP contribution in [0.3, 0.4) is 0 Å². The molecular weight excluding hydrogens is 494 g/mol. The number of aliphatic hydroxyl groups excluding tert-OH is 1. The number of aryl methyl sites for hydroxylation is 1. The number of rotatable bonds is 6. The van der Waals surface area contributed by atoms with Crippen molar-refractivity contribution in [1.29, 1.82) is 0 Å². The van der Waals surface area contributed by atoms with Gasteiger partial charge < -0.3 is 9.84 Å². The zero-order chi connectivity index (χ0) is 26.3. The summed E-state index contributed by atoms with van der Waals surface area (Å²) < 4.78 is 6.02. The Morgan fingerprint density at radius 3 is 2.43 bits per heavy atom. The molecule has 1 amide bonds. The maximum absolute atomic E-state index is 13.4. The lowest BCUT2D eigenvalue weighted by atomic mass is 9.95. The van der Waals surface area contributed by atoms with E-state index in [1.165, 1.54) is 47.6 Å². The van der Waals surface area contributed by atoms with Gasteiger partial charge >= 0.3 is 5.91 Å². The summed E-state index contributed by atoms with van der Waals surface area (Å²) in [5, 5.41) is 22.7. The number of nitro benzene ring substituents is 1. The molecule has 0 spiro atoms. The average Bonchev–Trinajstić information content (AvgIpc) is 3.45. The average molecular weight is 516 g/mol. The minimum Gasteiger partial charge on any atom is -0.507 e. The molecule has 4 aromatic rings. The largest absolute Gasteiger partial charge is 0.507 e. The summed E-state index contributed by atoms with van der Waals surface area (Å²) in [6, 6.07) is 16.8. The predicted octanol–water partition coefficient (Wildman–Crippen LogP) is 5.40. The first-order valence-electron chi connectivity index (χ1n) is 11.4. The van der Waals surface area contributed by atoms with Crippen LogP contribution >= 0.6 is 11.3 Å². The zero-order valence-corrected chi connectivity index (χ0v) is 20.7. The second kappa shape index (κ2) is 9.47. The van der Waals surface area contributed by atoms with Crippen LogP contribution in [0.5, 0.6) is 5.75 Å². The Labute approximate surface area is 215 Å². The monoisotopic (exact) mass is 515 g/mol. The minimum absolute atomic E-state index is 0.127. The standard InChI is InChI=1S/C27H21N3O6S/c1-3-15-4-13-20-21(14-15)37-27(28-20)29-23(16-5-9-18(10-6-16)30(34)35)22(25(32)26(29)33)24(31)17-7-11-19(36-2)12-8-17/h4-14,23,31H,3H2,1-2H3/b24-22+. The van der Waals surface area contributed by atoms with Crippen molar-refractivity contribution in [1.82, 2.24) is 4.98 Å². The molecule has 37 heavy (non-hydrogen) atoms. The first-order valence-corrected chi connectivity index (χ1v) is 12.2. The number of carbonyl (C=O) groups is 2. The number of benzene rings is 3. The summed E-state index contributed by atoms with van der Waals surface area (Å²) in [6.45, 7) is 2.04. The van der Waals surface area contributed by atoms with Gasteiger partial charge in [-0.1, -0.05) is 24.3 Å². The number of hydrogen-bond donors (Lipinski definition) is 1. The number of nitro groups is 1. The third-order valence-electron chi connectivity index (χ3n) is 6.28. The Bertz CT molecular complexity index is 1570. The van der Waals surface area contributed by atoms with Gasteiger partial charge in [0.15, 0.2) is 5.13 Å². The number of non-ortho nitro benzene ring substituents is 1. The van der Waals surface area contributed by atoms with E-state index >= 15 is 0 Å². The summed E-state index contributed by atoms with van der Waals surface area (Å²) in [5.41, 5.74) is 2.27. The van der Waals surface area contributed by atoms with Gasteiger partial charge in [-0.25, -0.2) is 4.98 Å². The maximum atomic E-state index is 13.4. The normalized spacial score (nSPS) is 16.9. The number of aliphatic hydroxyl groups is 1. The summed E-state index contributed by atoms with van der Waals surface area (Å²) in [5.74, 6) is -1.51. The Kier molecular flexibility index (Phi) is 6.18. The molecule has 1 saturated heterocycles. The molecule has 0 aliphatic carbocycles. The number of methoxy groups -OCH3 is 1. The molecule has 0 bridgehead atoms. The highest BCUT2D eigenvalue weighted by Gasteiger charge is 2.48. The van der Waals surface area contributed by atoms with Crippen LogP contribution in [0, 0.1) is 10.1 Å². The van der Waals surface area contributed by atoms with Crippen LogP contribution in [0.4, 0.5) is 10.8 Å². The van der Waals surface area contributed by atoms with Crippen molar-refractivity contribution >= 4 is 49.8 Å². The van der Waals surface area contributed by atoms with Crippen LogP contribution in [0.15, 0.2) is 72.3 Å². The molecule has 186 valence electrons. The van der Waals surface area contributed by atoms with Crippen molar-refractivity contribution < 1.29 is 24.4 Å². The molecule has 0 radical (unpaired) electrons. The summed E-state index contributed by atoms with van der Waals surface area (Å²) in [7, 11) is 1.51. The van der Waals surface area contributed by atoms with Crippen LogP contribution in [-0.2, 0) is 16.0 Å². The van der Waals surface area contributed by atoms with Gasteiger partial charge in [0, 0.05) is 17.7 Å². The van der Waals surface area contributed by atoms with Crippen LogP contribution in [0.2, 0.25) is 0 Å². The Balaban J connectivity index is 1.70. The molecular formula is C27H21N3O6S. The smallest absolute Gasteiger partial charge is 0.301 e. The number of anilines is 1. The number of hydrogen-bond acceptors (Lipinski definition) is 8. The Morgan fingerprint density at radius 1 is 1.11 bits per heavy atom. The van der Waals surface area contributed by atoms with Gasteiger partial charge in [-0.15, -0.1) is 0 Å². The molecule has 3 aromatic carbocycles. The molecule has 1 unspecified atom stereocenters. The van der Waals surface area contributed by atoms with Gasteiger partial charge in [-0.05, 0) is 66.1 Å². The number of Topliss-reactive ketones (excluding diaryl/α,β-unsaturated/α-hetero) is 1. The van der Waals surface area contributed by atoms with Crippen LogP contribution < -0.4 is 9.64 Å². The quantitative estimate of drug-likeness (QED) is 0.120. The van der Waals surface area contributed by atoms with Gasteiger partial charge in [0.2, 0.25) is 0 Å². The van der Waals surface area contributed by atoms with E-state index in [0.29, 0.717) is 27.5 Å². The number of amides is 1. The second-order valence-electron chi connectivity index (χ2n) is 8.40. The van der Waals surface area contributed by atoms with Crippen molar-refractivity contribution in [3.8, 4) is 5.75 Å². The SMILES string of the molecule is CCc1ccc2nc(N3C(=O)C(=O)/C(=C(/O)c4ccc(OC)cc4)C3c3ccc([N+](=O)[O-])cc3)sc2c1. The first kappa shape index (κ1) is 24.1. The van der Waals surface area contributed by atoms with E-state index in [4.69, 9.17) is 4.74 Å². The maximum Gasteiger partial charge on any atom is 0.301 e. The number of nitrogens with zero attached hydrogens (tertiary/aromatic N) is 3. The number of fused-ring (bicyclic) bond motifs is 1. The molecule has 1 aromatic heterocycles. The number of aromatic nitrogens is 1. The van der Waals surface area contributed by atoms with E-state index < -0.39 is 22.7 Å². The molecule has 1 fully saturated rings. The van der Waals surface area contributed by atoms with Gasteiger partial charge in [-0.2, -0.15) is 0 Å². The van der Waals surface area contributed by atoms with Gasteiger partial charge in [0.1, 0.15) is 11.5 Å². The lowest BCUT2D eigenvalue weighted by Crippen LogP contribution is -2.29. The lowest BCUT2D eigenvalue weighted by molar-refractivity contribution is -0.384. The van der Waals surface area contributed by atoms with Crippen molar-refractivity contribution in [3.63, 3.8) is 0 Å². The fourth-order valence-corrected chi connectivity index (χ4v) is 5.36. The van der Waals surface area contributed by atoms with Gasteiger partial charge in [0.05, 0.1) is 33.9 Å². The van der Waals surface area contributed by atoms with Crippen molar-refractivity contribution in [3.05, 3.63) is 99.1 Å². The summed E-state index contributed by atoms with van der Waals surface area (Å²) in [6.07, 6.45) is 0.832. The van der Waals surface area contributed by atoms with Crippen LogP contribution in [0.25, 0.3) is 16.0 Å². The number of ether oxygens (including phenoxy) is 1. The molecule has 5 rings (SSSR count). The highest BCUT2D eigenvalue weighted by atomic mass is 32.1. The third kappa shape index (κ3) is 4.21. The van der Waals surface area contributed by atoms with E-state index in [9.17, 15) is 24.8 Å². The molecule has 1 aliphatic heterocycles. The second-order valence-corrected chi connectivity index (χ2v) is 9.41. The van der Waals surface area contributed by atoms with Crippen molar-refractivity contribution in [2.24, 2.45) is 0 Å². The Hall–Kier alpha value is -4.57. The number of thiazole rings is 1. The van der Waals surface area contributed by atoms with E-state index in [-0.39, 0.29) is 17.0 Å². The summed E-state index contributed by atoms with van der Waals surface area (Å²) >= 11 is 1.26. The fraction of sp³-hybridized carbons (Fsp3) is 0.148. The van der Waals surface area contributed by atoms with Crippen molar-refractivity contribution in [2.75, 3.05) is 12.0 Å². The molecule has 1 N–H and O–H groups in total. The molecule has 1 atom stereocenters. The minimum atomic E-state index is -1.03. The molecule has 0 saturated carbocycles. The molecule has 9 nitrogen and oxygen atoms in total. The fourth-order valence-electron chi connectivity index (χ4n) is 4.31. The van der Waals surface area contributed by atoms with E-state index in [0.717, 1.165) is 16.7 Å². The highest BCUT2D eigenvalue weighted by Crippen LogP contribution is 2.44. The number of ketones is 1. The molecule has 1 aliphatic rings. The summed E-state index contributed by atoms with van der Waals surface area (Å²) in [4.78, 5) is 43.3. The van der Waals surface area contributed by atoms with E-state index in [1.807, 2.05) is 25.1 Å². The molecule has 2 heterocycles. The third-order valence-corrected chi connectivity index (χ3v) is 7.30. The van der Waals surface area contributed by atoms with Gasteiger partial charge in [-0.3, -0.25) is 24.6 Å². The van der Waals surface area contributed by atoms with Crippen LogP contribution in [-0.4, -0.2) is 33.8 Å². The van der Waals surface area contributed by atoms with E-state index in [1.54, 1.807) is 24.3 Å². The van der Waals surface area contributed by atoms with Crippen LogP contribution in [0.1, 0.15) is 29.7 Å². The molecule has 10 heteroatoms. The van der Waals surface area contributed by atoms with Gasteiger partial charge in [0.25, 0.3) is 11.5 Å². The highest BCUT2D eigenvalue weighted by molar-refractivity contribution is 7.22. The predicted molar refractivity (Wildman–Crippen MR) is 140 cm³/mol. The van der Waals surface area contributed by atoms with E-state index in [2.05, 4.69) is 4.98 Å². The zero-order valence-electron chi connectivity index (χ0n) is 19.9. The Morgan fingerprint density at radius 2 is 1.81 bits per heavy atom.